The van der Waals surface area contributed by atoms with Crippen LogP contribution < -0.4 is 0 Å². The molecule has 0 spiro atoms. The molecule has 2 aromatic rings. The number of aromatic nitrogens is 3. The highest BCUT2D eigenvalue weighted by Crippen LogP contribution is 2.51. The predicted molar refractivity (Wildman–Crippen MR) is 88.8 cm³/mol. The Hall–Kier alpha value is -2.01. The van der Waals surface area contributed by atoms with Crippen LogP contribution in [0.15, 0.2) is 40.6 Å². The summed E-state index contributed by atoms with van der Waals surface area (Å²) in [5.74, 6) is 0. The molecule has 3 rings (SSSR count). The van der Waals surface area contributed by atoms with E-state index in [1.54, 1.807) is 29.4 Å². The Labute approximate surface area is 139 Å². The van der Waals surface area contributed by atoms with E-state index in [9.17, 15) is 10.1 Å². The molecule has 0 atom stereocenters. The van der Waals surface area contributed by atoms with Gasteiger partial charge in [-0.1, -0.05) is 35.1 Å². The van der Waals surface area contributed by atoms with Crippen LogP contribution in [0.1, 0.15) is 16.1 Å². The van der Waals surface area contributed by atoms with Crippen LogP contribution in [0.25, 0.3) is 10.6 Å². The van der Waals surface area contributed by atoms with Crippen LogP contribution in [-0.4, -0.2) is 20.8 Å². The summed E-state index contributed by atoms with van der Waals surface area (Å²) >= 11 is 9.02. The molecule has 0 bridgehead atoms. The first kappa shape index (κ1) is 14.9. The van der Waals surface area contributed by atoms with E-state index in [4.69, 9.17) is 11.6 Å². The number of halogens is 1. The summed E-state index contributed by atoms with van der Waals surface area (Å²) in [6, 6.07) is 3.75. The van der Waals surface area contributed by atoms with Crippen molar-refractivity contribution in [2.75, 3.05) is 0 Å². The lowest BCUT2D eigenvalue weighted by atomic mass is 10.2. The van der Waals surface area contributed by atoms with E-state index in [1.165, 1.54) is 29.7 Å². The molecule has 0 saturated carbocycles. The van der Waals surface area contributed by atoms with Crippen LogP contribution in [-0.2, 0) is 0 Å². The Morgan fingerprint density at radius 3 is 3.00 bits per heavy atom. The Morgan fingerprint density at radius 2 is 2.36 bits per heavy atom. The monoisotopic (exact) mass is 346 g/mol. The molecule has 0 saturated heterocycles. The molecule has 0 unspecified atom stereocenters. The molecule has 0 fully saturated rings. The summed E-state index contributed by atoms with van der Waals surface area (Å²) in [6.07, 6.45) is 7.09. The zero-order valence-electron chi connectivity index (χ0n) is 10.9. The first-order valence-electron chi connectivity index (χ1n) is 6.01. The number of nitrogens with zero attached hydrogens (tertiary/aromatic N) is 4. The number of carbonyl (C=O) groups excluding carboxylic acids is 1. The summed E-state index contributed by atoms with van der Waals surface area (Å²) in [6.45, 7) is 0. The van der Waals surface area contributed by atoms with Gasteiger partial charge in [0.25, 0.3) is 0 Å². The third-order valence-electron chi connectivity index (χ3n) is 2.77. The van der Waals surface area contributed by atoms with Gasteiger partial charge in [-0.25, -0.2) is 4.98 Å². The van der Waals surface area contributed by atoms with E-state index >= 15 is 0 Å². The lowest BCUT2D eigenvalue weighted by Crippen LogP contribution is -1.93. The minimum absolute atomic E-state index is 0.409. The van der Waals surface area contributed by atoms with Crippen molar-refractivity contribution < 1.29 is 4.79 Å². The fourth-order valence-electron chi connectivity index (χ4n) is 1.76. The number of nitriles is 1. The van der Waals surface area contributed by atoms with E-state index in [-0.39, 0.29) is 0 Å². The third-order valence-corrected chi connectivity index (χ3v) is 5.42. The van der Waals surface area contributed by atoms with Crippen molar-refractivity contribution in [2.45, 2.75) is 0 Å². The minimum Gasteiger partial charge on any atom is -0.298 e. The molecular weight excluding hydrogens is 340 g/mol. The van der Waals surface area contributed by atoms with Gasteiger partial charge in [0, 0.05) is 29.1 Å². The van der Waals surface area contributed by atoms with Crippen molar-refractivity contribution in [1.82, 2.24) is 14.5 Å². The lowest BCUT2D eigenvalue weighted by molar-refractivity contribution is 0.112. The molecule has 0 aliphatic carbocycles. The average Bonchev–Trinajstić information content (AvgIpc) is 3.20. The molecule has 108 valence electrons. The van der Waals surface area contributed by atoms with Crippen LogP contribution in [0.2, 0.25) is 5.02 Å². The van der Waals surface area contributed by atoms with Crippen molar-refractivity contribution in [2.24, 2.45) is 0 Å². The number of allylic oxidation sites excluding steroid dienone is 1. The lowest BCUT2D eigenvalue weighted by Gasteiger charge is -2.05. The van der Waals surface area contributed by atoms with Crippen molar-refractivity contribution in [1.29, 1.82) is 5.26 Å². The molecule has 1 aliphatic heterocycles. The van der Waals surface area contributed by atoms with Crippen LogP contribution in [0.4, 0.5) is 0 Å². The summed E-state index contributed by atoms with van der Waals surface area (Å²) in [5.41, 5.74) is 1.53. The van der Waals surface area contributed by atoms with Crippen molar-refractivity contribution >= 4 is 52.0 Å². The highest BCUT2D eigenvalue weighted by molar-refractivity contribution is 8.31. The van der Waals surface area contributed by atoms with Gasteiger partial charge < -0.3 is 0 Å². The van der Waals surface area contributed by atoms with Crippen LogP contribution in [0.3, 0.4) is 0 Å². The van der Waals surface area contributed by atoms with Crippen LogP contribution >= 0.6 is 35.1 Å². The normalized spacial score (nSPS) is 16.1. The van der Waals surface area contributed by atoms with Gasteiger partial charge in [0.2, 0.25) is 0 Å². The summed E-state index contributed by atoms with van der Waals surface area (Å²) in [4.78, 5) is 19.7. The van der Waals surface area contributed by atoms with Gasteiger partial charge in [0.05, 0.1) is 21.3 Å². The summed E-state index contributed by atoms with van der Waals surface area (Å²) in [7, 11) is 0. The molecule has 1 aliphatic rings. The second-order valence-corrected chi connectivity index (χ2v) is 6.73. The van der Waals surface area contributed by atoms with Crippen molar-refractivity contribution in [3.05, 3.63) is 56.9 Å². The van der Waals surface area contributed by atoms with Gasteiger partial charge in [-0.3, -0.25) is 14.3 Å². The standard InChI is InChI=1S/C14H7ClN4OS2/c15-10-3-9(6-20)5-18-13(10)12-7-21-14(22-12)11(4-16)19-2-1-17-8-19/h1-3,5-8H/b14-11+. The maximum Gasteiger partial charge on any atom is 0.151 e. The molecule has 0 amide bonds. The van der Waals surface area contributed by atoms with Crippen molar-refractivity contribution in [3.63, 3.8) is 0 Å². The number of thioether (sulfide) groups is 2. The fourth-order valence-corrected chi connectivity index (χ4v) is 4.33. The Balaban J connectivity index is 1.92. The topological polar surface area (TPSA) is 71.6 Å². The summed E-state index contributed by atoms with van der Waals surface area (Å²) < 4.78 is 2.49. The zero-order chi connectivity index (χ0) is 15.5. The predicted octanol–water partition coefficient (Wildman–Crippen LogP) is 3.87. The van der Waals surface area contributed by atoms with Gasteiger partial charge in [-0.15, -0.1) is 0 Å². The fraction of sp³-hybridized carbons (Fsp3) is 0. The highest BCUT2D eigenvalue weighted by atomic mass is 35.5. The smallest absolute Gasteiger partial charge is 0.151 e. The Kier molecular flexibility index (Phi) is 4.34. The first-order valence-corrected chi connectivity index (χ1v) is 8.09. The molecule has 0 N–H and O–H groups in total. The first-order chi connectivity index (χ1) is 10.7. The van der Waals surface area contributed by atoms with Gasteiger partial charge in [0.1, 0.15) is 11.8 Å². The SMILES string of the molecule is N#C/C(=C1/SC=C(c2ncc(C=O)cc2Cl)S1)n1ccnc1. The van der Waals surface area contributed by atoms with Crippen molar-refractivity contribution in [3.8, 4) is 6.07 Å². The molecule has 0 radical (unpaired) electrons. The maximum atomic E-state index is 10.7. The van der Waals surface area contributed by atoms with E-state index in [0.717, 1.165) is 9.14 Å². The number of pyridine rings is 1. The largest absolute Gasteiger partial charge is 0.298 e. The molecule has 0 aromatic carbocycles. The molecule has 8 heteroatoms. The van der Waals surface area contributed by atoms with Crippen LogP contribution in [0, 0.1) is 11.3 Å². The number of imidazole rings is 1. The summed E-state index contributed by atoms with van der Waals surface area (Å²) in [5, 5.41) is 11.7. The Morgan fingerprint density at radius 1 is 1.50 bits per heavy atom. The van der Waals surface area contributed by atoms with E-state index in [2.05, 4.69) is 16.0 Å². The number of rotatable bonds is 3. The average molecular weight is 347 g/mol. The minimum atomic E-state index is 0.409. The van der Waals surface area contributed by atoms with Gasteiger partial charge >= 0.3 is 0 Å². The molecule has 2 aromatic heterocycles. The quantitative estimate of drug-likeness (QED) is 0.620. The number of hydrogen-bond donors (Lipinski definition) is 0. The van der Waals surface area contributed by atoms with E-state index in [0.29, 0.717) is 28.3 Å². The molecule has 3 heterocycles. The number of hydrogen-bond acceptors (Lipinski definition) is 6. The van der Waals surface area contributed by atoms with Gasteiger partial charge in [-0.2, -0.15) is 5.26 Å². The van der Waals surface area contributed by atoms with Gasteiger partial charge in [-0.05, 0) is 11.5 Å². The van der Waals surface area contributed by atoms with Crippen LogP contribution in [0.5, 0.6) is 0 Å². The second kappa shape index (κ2) is 6.40. The maximum absolute atomic E-state index is 10.7. The van der Waals surface area contributed by atoms with Gasteiger partial charge in [0.15, 0.2) is 6.29 Å². The molecule has 22 heavy (non-hydrogen) atoms. The second-order valence-electron chi connectivity index (χ2n) is 4.14. The van der Waals surface area contributed by atoms with E-state index in [1.807, 2.05) is 5.41 Å². The highest BCUT2D eigenvalue weighted by Gasteiger charge is 2.21. The number of aldehydes is 1. The molecular formula is C14H7ClN4OS2. The zero-order valence-corrected chi connectivity index (χ0v) is 13.3. The number of carbonyl (C=O) groups is 1. The molecule has 5 nitrogen and oxygen atoms in total. The van der Waals surface area contributed by atoms with E-state index < -0.39 is 0 Å². The Bertz CT molecular complexity index is 837. The third kappa shape index (κ3) is 2.81.